The van der Waals surface area contributed by atoms with Crippen LogP contribution in [-0.2, 0) is 4.74 Å². The lowest BCUT2D eigenvalue weighted by Gasteiger charge is -2.29. The van der Waals surface area contributed by atoms with Crippen LogP contribution in [0.1, 0.15) is 27.7 Å². The molecule has 0 aromatic rings. The first-order valence-corrected chi connectivity index (χ1v) is 4.38. The molecule has 2 atom stereocenters. The molecule has 1 rings (SSSR count). The maximum absolute atomic E-state index is 5.76. The molecular weight excluding hydrogens is 138 g/mol. The summed E-state index contributed by atoms with van der Waals surface area (Å²) in [6, 6.07) is 0. The minimum absolute atomic E-state index is 0.269. The highest BCUT2D eigenvalue weighted by Crippen LogP contribution is 2.24. The average Bonchev–Trinajstić information content (AvgIpc) is 1.94. The predicted octanol–water partition coefficient (Wildman–Crippen LogP) is 1.41. The highest BCUT2D eigenvalue weighted by atomic mass is 16.5. The third-order valence-electron chi connectivity index (χ3n) is 2.55. The van der Waals surface area contributed by atoms with E-state index in [2.05, 4.69) is 33.0 Å². The zero-order chi connectivity index (χ0) is 8.48. The lowest BCUT2D eigenvalue weighted by atomic mass is 9.87. The van der Waals surface area contributed by atoms with Crippen molar-refractivity contribution in [3.8, 4) is 0 Å². The van der Waals surface area contributed by atoms with E-state index in [4.69, 9.17) is 4.74 Å². The number of hydrogen-bond acceptors (Lipinski definition) is 2. The molecule has 0 saturated carbocycles. The molecule has 1 N–H and O–H groups in total. The summed E-state index contributed by atoms with van der Waals surface area (Å²) < 4.78 is 5.76. The molecule has 2 heteroatoms. The Bertz CT molecular complexity index is 134. The molecule has 2 nitrogen and oxygen atoms in total. The fourth-order valence-electron chi connectivity index (χ4n) is 1.32. The van der Waals surface area contributed by atoms with Gasteiger partial charge in [0.1, 0.15) is 0 Å². The van der Waals surface area contributed by atoms with E-state index in [1.807, 2.05) is 0 Å². The molecule has 0 amide bonds. The van der Waals surface area contributed by atoms with E-state index in [1.54, 1.807) is 0 Å². The number of rotatable bonds is 0. The molecule has 0 aromatic heterocycles. The van der Waals surface area contributed by atoms with E-state index >= 15 is 0 Å². The van der Waals surface area contributed by atoms with E-state index < -0.39 is 0 Å². The number of ether oxygens (including phenoxy) is 1. The van der Waals surface area contributed by atoms with Gasteiger partial charge < -0.3 is 10.1 Å². The zero-order valence-electron chi connectivity index (χ0n) is 7.98. The van der Waals surface area contributed by atoms with Crippen molar-refractivity contribution >= 4 is 0 Å². The molecule has 11 heavy (non-hydrogen) atoms. The summed E-state index contributed by atoms with van der Waals surface area (Å²) in [5.41, 5.74) is 0.269. The van der Waals surface area contributed by atoms with Crippen molar-refractivity contribution in [2.75, 3.05) is 13.1 Å². The molecule has 0 radical (unpaired) electrons. The predicted molar refractivity (Wildman–Crippen MR) is 46.7 cm³/mol. The van der Waals surface area contributed by atoms with Crippen LogP contribution in [0.25, 0.3) is 0 Å². The first kappa shape index (κ1) is 9.01. The summed E-state index contributed by atoms with van der Waals surface area (Å²) >= 11 is 0. The molecule has 1 aliphatic heterocycles. The Kier molecular flexibility index (Phi) is 2.55. The maximum atomic E-state index is 5.76. The van der Waals surface area contributed by atoms with Gasteiger partial charge in [-0.1, -0.05) is 13.8 Å². The highest BCUT2D eigenvalue weighted by molar-refractivity contribution is 4.82. The maximum Gasteiger partial charge on any atom is 0.0675 e. The normalized spacial score (nSPS) is 38.2. The summed E-state index contributed by atoms with van der Waals surface area (Å²) in [6.07, 6.45) is 0.708. The third kappa shape index (κ3) is 2.17. The second kappa shape index (κ2) is 3.11. The Morgan fingerprint density at radius 2 is 2.00 bits per heavy atom. The fourth-order valence-corrected chi connectivity index (χ4v) is 1.32. The molecule has 0 bridgehead atoms. The van der Waals surface area contributed by atoms with Gasteiger partial charge in [0.05, 0.1) is 12.2 Å². The van der Waals surface area contributed by atoms with Crippen molar-refractivity contribution in [1.29, 1.82) is 0 Å². The van der Waals surface area contributed by atoms with Gasteiger partial charge in [0.25, 0.3) is 0 Å². The average molecular weight is 157 g/mol. The molecule has 1 aliphatic rings. The van der Waals surface area contributed by atoms with Gasteiger partial charge in [-0.05, 0) is 13.8 Å². The lowest BCUT2D eigenvalue weighted by Crippen LogP contribution is -2.35. The van der Waals surface area contributed by atoms with Crippen LogP contribution in [0.2, 0.25) is 0 Å². The Hall–Kier alpha value is -0.0800. The molecule has 0 aromatic carbocycles. The van der Waals surface area contributed by atoms with Crippen LogP contribution in [0.4, 0.5) is 0 Å². The van der Waals surface area contributed by atoms with Crippen molar-refractivity contribution < 1.29 is 4.74 Å². The van der Waals surface area contributed by atoms with Gasteiger partial charge in [0.2, 0.25) is 0 Å². The molecule has 2 unspecified atom stereocenters. The Labute approximate surface area is 69.3 Å². The minimum Gasteiger partial charge on any atom is -0.374 e. The molecule has 66 valence electrons. The van der Waals surface area contributed by atoms with Gasteiger partial charge in [0.15, 0.2) is 0 Å². The first-order chi connectivity index (χ1) is 5.02. The molecule has 1 saturated heterocycles. The van der Waals surface area contributed by atoms with Crippen molar-refractivity contribution in [1.82, 2.24) is 5.32 Å². The zero-order valence-corrected chi connectivity index (χ0v) is 7.98. The van der Waals surface area contributed by atoms with E-state index in [0.717, 1.165) is 13.1 Å². The van der Waals surface area contributed by atoms with Crippen LogP contribution in [0.5, 0.6) is 0 Å². The van der Waals surface area contributed by atoms with Gasteiger partial charge in [-0.3, -0.25) is 0 Å². The van der Waals surface area contributed by atoms with Crippen molar-refractivity contribution in [2.45, 2.75) is 39.9 Å². The summed E-state index contributed by atoms with van der Waals surface area (Å²) in [5.74, 6) is 0. The smallest absolute Gasteiger partial charge is 0.0675 e. The van der Waals surface area contributed by atoms with Gasteiger partial charge >= 0.3 is 0 Å². The summed E-state index contributed by atoms with van der Waals surface area (Å²) in [6.45, 7) is 10.8. The number of hydrogen-bond donors (Lipinski definition) is 1. The second-order valence-electron chi connectivity index (χ2n) is 4.21. The van der Waals surface area contributed by atoms with Crippen molar-refractivity contribution in [3.63, 3.8) is 0 Å². The number of nitrogens with one attached hydrogen (secondary N) is 1. The van der Waals surface area contributed by atoms with E-state index in [1.165, 1.54) is 0 Å². The first-order valence-electron chi connectivity index (χ1n) is 4.38. The summed E-state index contributed by atoms with van der Waals surface area (Å²) in [7, 11) is 0. The highest BCUT2D eigenvalue weighted by Gasteiger charge is 2.30. The van der Waals surface area contributed by atoms with Gasteiger partial charge in [-0.15, -0.1) is 0 Å². The topological polar surface area (TPSA) is 21.3 Å². The molecule has 1 fully saturated rings. The van der Waals surface area contributed by atoms with Crippen molar-refractivity contribution in [2.24, 2.45) is 5.41 Å². The molecule has 0 spiro atoms. The lowest BCUT2D eigenvalue weighted by molar-refractivity contribution is -0.0320. The largest absolute Gasteiger partial charge is 0.374 e. The van der Waals surface area contributed by atoms with E-state index in [9.17, 15) is 0 Å². The second-order valence-corrected chi connectivity index (χ2v) is 4.21. The Balaban J connectivity index is 2.58. The summed E-state index contributed by atoms with van der Waals surface area (Å²) in [5, 5.41) is 3.39. The molecular formula is C9H19NO. The summed E-state index contributed by atoms with van der Waals surface area (Å²) in [4.78, 5) is 0. The van der Waals surface area contributed by atoms with E-state index in [-0.39, 0.29) is 5.41 Å². The SMILES string of the molecule is CC1CNCC(C)(C)C(C)O1. The fraction of sp³-hybridized carbons (Fsp3) is 1.00. The van der Waals surface area contributed by atoms with E-state index in [0.29, 0.717) is 12.2 Å². The van der Waals surface area contributed by atoms with Crippen LogP contribution in [0.15, 0.2) is 0 Å². The Morgan fingerprint density at radius 3 is 2.64 bits per heavy atom. The van der Waals surface area contributed by atoms with Crippen LogP contribution in [-0.4, -0.2) is 25.3 Å². The van der Waals surface area contributed by atoms with Crippen LogP contribution in [0, 0.1) is 5.41 Å². The molecule has 1 heterocycles. The molecule has 0 aliphatic carbocycles. The van der Waals surface area contributed by atoms with Gasteiger partial charge in [-0.2, -0.15) is 0 Å². The van der Waals surface area contributed by atoms with Crippen molar-refractivity contribution in [3.05, 3.63) is 0 Å². The van der Waals surface area contributed by atoms with Crippen LogP contribution < -0.4 is 5.32 Å². The van der Waals surface area contributed by atoms with Gasteiger partial charge in [0, 0.05) is 18.5 Å². The third-order valence-corrected chi connectivity index (χ3v) is 2.55. The Morgan fingerprint density at radius 1 is 1.36 bits per heavy atom. The minimum atomic E-state index is 0.269. The monoisotopic (exact) mass is 157 g/mol. The standard InChI is InChI=1S/C9H19NO/c1-7-5-10-6-9(3,4)8(2)11-7/h7-8,10H,5-6H2,1-4H3. The quantitative estimate of drug-likeness (QED) is 0.574. The van der Waals surface area contributed by atoms with Crippen LogP contribution >= 0.6 is 0 Å². The van der Waals surface area contributed by atoms with Gasteiger partial charge in [-0.25, -0.2) is 0 Å². The van der Waals surface area contributed by atoms with Crippen LogP contribution in [0.3, 0.4) is 0 Å².